The predicted octanol–water partition coefficient (Wildman–Crippen LogP) is 2.09. The molecule has 1 amide bonds. The topological polar surface area (TPSA) is 81.4 Å². The Hall–Kier alpha value is -2.00. The molecular weight excluding hydrogens is 252 g/mol. The molecule has 0 saturated carbocycles. The summed E-state index contributed by atoms with van der Waals surface area (Å²) in [5.41, 5.74) is 0.631. The SMILES string of the molecule is CC(=O)N(CCC(=O)O)c1ccc(SC#N)cc1. The minimum absolute atomic E-state index is 0.103. The molecule has 0 aliphatic rings. The summed E-state index contributed by atoms with van der Waals surface area (Å²) in [6.45, 7) is 1.52. The van der Waals surface area contributed by atoms with Crippen LogP contribution in [0.25, 0.3) is 0 Å². The molecule has 0 aliphatic carbocycles. The number of carbonyl (C=O) groups excluding carboxylic acids is 1. The number of benzene rings is 1. The molecule has 1 N–H and O–H groups in total. The molecule has 0 spiro atoms. The van der Waals surface area contributed by atoms with Crippen LogP contribution in [-0.2, 0) is 9.59 Å². The Morgan fingerprint density at radius 3 is 2.44 bits per heavy atom. The van der Waals surface area contributed by atoms with Gasteiger partial charge in [-0.25, -0.2) is 0 Å². The smallest absolute Gasteiger partial charge is 0.305 e. The van der Waals surface area contributed by atoms with Gasteiger partial charge < -0.3 is 10.0 Å². The molecule has 6 heteroatoms. The lowest BCUT2D eigenvalue weighted by Crippen LogP contribution is -2.30. The fourth-order valence-electron chi connectivity index (χ4n) is 1.42. The van der Waals surface area contributed by atoms with Gasteiger partial charge in [0.25, 0.3) is 0 Å². The average molecular weight is 264 g/mol. The van der Waals surface area contributed by atoms with Gasteiger partial charge in [0, 0.05) is 24.1 Å². The number of anilines is 1. The lowest BCUT2D eigenvalue weighted by atomic mass is 10.2. The highest BCUT2D eigenvalue weighted by atomic mass is 32.2. The summed E-state index contributed by atoms with van der Waals surface area (Å²) in [6.07, 6.45) is -0.103. The molecule has 94 valence electrons. The maximum atomic E-state index is 11.4. The van der Waals surface area contributed by atoms with Crippen molar-refractivity contribution in [3.05, 3.63) is 24.3 Å². The van der Waals surface area contributed by atoms with Crippen LogP contribution in [0.3, 0.4) is 0 Å². The Labute approximate surface area is 109 Å². The summed E-state index contributed by atoms with van der Waals surface area (Å²) < 4.78 is 0. The molecule has 0 unspecified atom stereocenters. The van der Waals surface area contributed by atoms with Gasteiger partial charge in [0.05, 0.1) is 6.42 Å². The number of hydrogen-bond donors (Lipinski definition) is 1. The maximum Gasteiger partial charge on any atom is 0.305 e. The molecule has 5 nitrogen and oxygen atoms in total. The van der Waals surface area contributed by atoms with E-state index in [2.05, 4.69) is 0 Å². The largest absolute Gasteiger partial charge is 0.481 e. The maximum absolute atomic E-state index is 11.4. The minimum Gasteiger partial charge on any atom is -0.481 e. The third kappa shape index (κ3) is 4.11. The number of thiocyanates is 1. The van der Waals surface area contributed by atoms with Crippen molar-refractivity contribution in [3.8, 4) is 5.40 Å². The van der Waals surface area contributed by atoms with Crippen LogP contribution in [0.5, 0.6) is 0 Å². The fraction of sp³-hybridized carbons (Fsp3) is 0.250. The zero-order chi connectivity index (χ0) is 13.5. The highest BCUT2D eigenvalue weighted by Crippen LogP contribution is 2.21. The molecule has 1 aromatic rings. The van der Waals surface area contributed by atoms with Gasteiger partial charge in [-0.1, -0.05) is 0 Å². The van der Waals surface area contributed by atoms with Gasteiger partial charge in [-0.05, 0) is 36.0 Å². The third-order valence-corrected chi connectivity index (χ3v) is 2.84. The second kappa shape index (κ2) is 6.67. The van der Waals surface area contributed by atoms with E-state index in [9.17, 15) is 9.59 Å². The molecule has 0 fully saturated rings. The number of carboxylic acid groups (broad SMARTS) is 1. The molecule has 0 bridgehead atoms. The Kier molecular flexibility index (Phi) is 5.21. The van der Waals surface area contributed by atoms with Gasteiger partial charge in [0.2, 0.25) is 5.91 Å². The zero-order valence-electron chi connectivity index (χ0n) is 9.79. The number of carbonyl (C=O) groups is 2. The van der Waals surface area contributed by atoms with Crippen LogP contribution in [0, 0.1) is 10.7 Å². The van der Waals surface area contributed by atoms with E-state index < -0.39 is 5.97 Å². The van der Waals surface area contributed by atoms with Crippen molar-refractivity contribution in [1.29, 1.82) is 5.26 Å². The van der Waals surface area contributed by atoms with Crippen LogP contribution in [0.1, 0.15) is 13.3 Å². The number of rotatable bonds is 5. The fourth-order valence-corrected chi connectivity index (χ4v) is 1.80. The molecular formula is C12H12N2O3S. The molecule has 0 aromatic heterocycles. The van der Waals surface area contributed by atoms with Crippen molar-refractivity contribution < 1.29 is 14.7 Å². The van der Waals surface area contributed by atoms with Crippen molar-refractivity contribution >= 4 is 29.3 Å². The molecule has 0 aliphatic heterocycles. The molecule has 0 saturated heterocycles. The number of aliphatic carboxylic acids is 1. The lowest BCUT2D eigenvalue weighted by Gasteiger charge is -2.20. The lowest BCUT2D eigenvalue weighted by molar-refractivity contribution is -0.136. The Balaban J connectivity index is 2.82. The van der Waals surface area contributed by atoms with Crippen molar-refractivity contribution in [1.82, 2.24) is 0 Å². The number of amides is 1. The predicted molar refractivity (Wildman–Crippen MR) is 68.2 cm³/mol. The first-order valence-electron chi connectivity index (χ1n) is 5.20. The van der Waals surface area contributed by atoms with Gasteiger partial charge in [0.1, 0.15) is 5.40 Å². The molecule has 1 rings (SSSR count). The summed E-state index contributed by atoms with van der Waals surface area (Å²) in [4.78, 5) is 24.1. The van der Waals surface area contributed by atoms with Gasteiger partial charge in [-0.3, -0.25) is 9.59 Å². The molecule has 0 heterocycles. The standard InChI is InChI=1S/C12H12N2O3S/c1-9(15)14(7-6-12(16)17)10-2-4-11(5-3-10)18-8-13/h2-5H,6-7H2,1H3,(H,16,17). The second-order valence-electron chi connectivity index (χ2n) is 3.50. The van der Waals surface area contributed by atoms with Crippen LogP contribution in [0.4, 0.5) is 5.69 Å². The van der Waals surface area contributed by atoms with Gasteiger partial charge in [-0.15, -0.1) is 0 Å². The van der Waals surface area contributed by atoms with E-state index in [-0.39, 0.29) is 18.9 Å². The summed E-state index contributed by atoms with van der Waals surface area (Å²) >= 11 is 1.03. The third-order valence-electron chi connectivity index (χ3n) is 2.24. The van der Waals surface area contributed by atoms with E-state index in [0.717, 1.165) is 16.7 Å². The Morgan fingerprint density at radius 1 is 1.39 bits per heavy atom. The summed E-state index contributed by atoms with van der Waals surface area (Å²) in [6, 6.07) is 6.84. The highest BCUT2D eigenvalue weighted by molar-refractivity contribution is 8.03. The van der Waals surface area contributed by atoms with E-state index in [4.69, 9.17) is 10.4 Å². The minimum atomic E-state index is -0.946. The highest BCUT2D eigenvalue weighted by Gasteiger charge is 2.12. The number of nitrogens with zero attached hydrogens (tertiary/aromatic N) is 2. The van der Waals surface area contributed by atoms with E-state index in [1.54, 1.807) is 24.3 Å². The van der Waals surface area contributed by atoms with E-state index in [1.807, 2.05) is 5.40 Å². The first-order valence-corrected chi connectivity index (χ1v) is 6.02. The number of carboxylic acids is 1. The van der Waals surface area contributed by atoms with Crippen molar-refractivity contribution in [3.63, 3.8) is 0 Å². The summed E-state index contributed by atoms with van der Waals surface area (Å²) in [5, 5.41) is 19.1. The van der Waals surface area contributed by atoms with Crippen LogP contribution in [0.15, 0.2) is 29.2 Å². The van der Waals surface area contributed by atoms with Crippen LogP contribution >= 0.6 is 11.8 Å². The van der Waals surface area contributed by atoms with E-state index >= 15 is 0 Å². The first-order chi connectivity index (χ1) is 8.54. The van der Waals surface area contributed by atoms with E-state index in [1.165, 1.54) is 11.8 Å². The summed E-state index contributed by atoms with van der Waals surface area (Å²) in [7, 11) is 0. The first kappa shape index (κ1) is 14.1. The molecule has 1 aromatic carbocycles. The Morgan fingerprint density at radius 2 is 2.00 bits per heavy atom. The van der Waals surface area contributed by atoms with Gasteiger partial charge >= 0.3 is 5.97 Å². The van der Waals surface area contributed by atoms with E-state index in [0.29, 0.717) is 5.69 Å². The monoisotopic (exact) mass is 264 g/mol. The quantitative estimate of drug-likeness (QED) is 0.650. The normalized spacial score (nSPS) is 9.56. The number of thioether (sulfide) groups is 1. The number of nitriles is 1. The second-order valence-corrected chi connectivity index (χ2v) is 4.36. The molecule has 0 radical (unpaired) electrons. The zero-order valence-corrected chi connectivity index (χ0v) is 10.6. The summed E-state index contributed by atoms with van der Waals surface area (Å²) in [5.74, 6) is -1.16. The number of hydrogen-bond acceptors (Lipinski definition) is 4. The van der Waals surface area contributed by atoms with Crippen LogP contribution in [-0.4, -0.2) is 23.5 Å². The van der Waals surface area contributed by atoms with Gasteiger partial charge in [-0.2, -0.15) is 5.26 Å². The molecule has 18 heavy (non-hydrogen) atoms. The Bertz CT molecular complexity index is 479. The van der Waals surface area contributed by atoms with Crippen molar-refractivity contribution in [2.24, 2.45) is 0 Å². The van der Waals surface area contributed by atoms with Crippen LogP contribution < -0.4 is 4.90 Å². The van der Waals surface area contributed by atoms with Crippen LogP contribution in [0.2, 0.25) is 0 Å². The van der Waals surface area contributed by atoms with Crippen molar-refractivity contribution in [2.75, 3.05) is 11.4 Å². The van der Waals surface area contributed by atoms with Crippen molar-refractivity contribution in [2.45, 2.75) is 18.2 Å². The molecule has 0 atom stereocenters. The van der Waals surface area contributed by atoms with Gasteiger partial charge in [0.15, 0.2) is 0 Å². The average Bonchev–Trinajstić information content (AvgIpc) is 2.31.